The first-order valence-corrected chi connectivity index (χ1v) is 7.84. The third kappa shape index (κ3) is 3.99. The second-order valence-corrected chi connectivity index (χ2v) is 6.10. The van der Waals surface area contributed by atoms with Crippen molar-refractivity contribution in [3.8, 4) is 23.4 Å². The van der Waals surface area contributed by atoms with E-state index in [4.69, 9.17) is 37.9 Å². The van der Waals surface area contributed by atoms with Gasteiger partial charge in [0.25, 0.3) is 5.56 Å². The highest BCUT2D eigenvalue weighted by molar-refractivity contribution is 6.37. The molecule has 0 aliphatic carbocycles. The maximum absolute atomic E-state index is 12.0. The Balaban J connectivity index is 2.38. The van der Waals surface area contributed by atoms with Gasteiger partial charge in [-0.3, -0.25) is 4.79 Å². The average Bonchev–Trinajstić information content (AvgIpc) is 2.51. The molecule has 2 rings (SSSR count). The summed E-state index contributed by atoms with van der Waals surface area (Å²) in [6.07, 6.45) is 0. The zero-order valence-corrected chi connectivity index (χ0v) is 14.9. The van der Waals surface area contributed by atoms with Crippen LogP contribution < -0.4 is 15.0 Å². The van der Waals surface area contributed by atoms with Crippen LogP contribution in [0.5, 0.6) is 17.4 Å². The Morgan fingerprint density at radius 2 is 1.92 bits per heavy atom. The maximum atomic E-state index is 12.0. The number of hydrogen-bond acceptors (Lipinski definition) is 5. The highest BCUT2D eigenvalue weighted by atomic mass is 35.5. The molecule has 0 spiro atoms. The molecule has 0 aliphatic heterocycles. The average molecular weight is 368 g/mol. The van der Waals surface area contributed by atoms with Crippen LogP contribution in [0.25, 0.3) is 0 Å². The number of aromatic nitrogens is 2. The third-order valence-electron chi connectivity index (χ3n) is 3.17. The second-order valence-electron chi connectivity index (χ2n) is 5.29. The standard InChI is InChI=1S/C16H15Cl2N3O3/c1-9(2)11-8-14(20-21(3)16(11)22)24-15-12(17)6-10(7-13(15)18)23-5-4-19/h6-9H,5H2,1-3H3. The smallest absolute Gasteiger partial charge is 0.270 e. The summed E-state index contributed by atoms with van der Waals surface area (Å²) in [5.74, 6) is 0.774. The summed E-state index contributed by atoms with van der Waals surface area (Å²) in [4.78, 5) is 12.0. The summed E-state index contributed by atoms with van der Waals surface area (Å²) >= 11 is 12.3. The first-order valence-electron chi connectivity index (χ1n) is 7.08. The van der Waals surface area contributed by atoms with Gasteiger partial charge >= 0.3 is 0 Å². The first-order chi connectivity index (χ1) is 11.3. The van der Waals surface area contributed by atoms with Gasteiger partial charge in [-0.2, -0.15) is 5.26 Å². The Morgan fingerprint density at radius 3 is 2.46 bits per heavy atom. The van der Waals surface area contributed by atoms with E-state index in [1.807, 2.05) is 19.9 Å². The van der Waals surface area contributed by atoms with Gasteiger partial charge in [0.05, 0.1) is 10.0 Å². The van der Waals surface area contributed by atoms with Crippen LogP contribution in [0.15, 0.2) is 23.0 Å². The lowest BCUT2D eigenvalue weighted by molar-refractivity contribution is 0.367. The van der Waals surface area contributed by atoms with Gasteiger partial charge in [0.1, 0.15) is 11.8 Å². The number of nitriles is 1. The molecule has 0 saturated heterocycles. The van der Waals surface area contributed by atoms with Crippen LogP contribution in [-0.4, -0.2) is 16.4 Å². The molecular weight excluding hydrogens is 353 g/mol. The molecule has 0 amide bonds. The molecule has 0 bridgehead atoms. The number of rotatable bonds is 5. The number of aryl methyl sites for hydroxylation is 1. The van der Waals surface area contributed by atoms with Crippen molar-refractivity contribution in [1.82, 2.24) is 9.78 Å². The van der Waals surface area contributed by atoms with E-state index in [9.17, 15) is 4.79 Å². The van der Waals surface area contributed by atoms with Crippen LogP contribution >= 0.6 is 23.2 Å². The molecule has 24 heavy (non-hydrogen) atoms. The summed E-state index contributed by atoms with van der Waals surface area (Å²) in [7, 11) is 1.54. The number of nitrogens with zero attached hydrogens (tertiary/aromatic N) is 3. The van der Waals surface area contributed by atoms with Crippen molar-refractivity contribution in [3.05, 3.63) is 44.2 Å². The van der Waals surface area contributed by atoms with E-state index < -0.39 is 0 Å². The summed E-state index contributed by atoms with van der Waals surface area (Å²) in [5, 5.41) is 13.0. The molecule has 0 radical (unpaired) electrons. The number of benzene rings is 1. The molecule has 0 fully saturated rings. The number of hydrogen-bond donors (Lipinski definition) is 0. The van der Waals surface area contributed by atoms with Crippen molar-refractivity contribution in [2.24, 2.45) is 7.05 Å². The molecule has 2 aromatic rings. The minimum Gasteiger partial charge on any atom is -0.479 e. The van der Waals surface area contributed by atoms with Crippen molar-refractivity contribution in [1.29, 1.82) is 5.26 Å². The lowest BCUT2D eigenvalue weighted by atomic mass is 10.1. The van der Waals surface area contributed by atoms with E-state index in [2.05, 4.69) is 5.10 Å². The van der Waals surface area contributed by atoms with Crippen molar-refractivity contribution in [3.63, 3.8) is 0 Å². The molecular formula is C16H15Cl2N3O3. The van der Waals surface area contributed by atoms with E-state index >= 15 is 0 Å². The maximum Gasteiger partial charge on any atom is 0.270 e. The Kier molecular flexibility index (Phi) is 5.71. The van der Waals surface area contributed by atoms with Gasteiger partial charge in [0.15, 0.2) is 12.4 Å². The largest absolute Gasteiger partial charge is 0.479 e. The lowest BCUT2D eigenvalue weighted by Crippen LogP contribution is -2.24. The van der Waals surface area contributed by atoms with Gasteiger partial charge in [-0.05, 0) is 5.92 Å². The molecule has 0 N–H and O–H groups in total. The van der Waals surface area contributed by atoms with Crippen LogP contribution in [0.4, 0.5) is 0 Å². The zero-order chi connectivity index (χ0) is 17.9. The normalized spacial score (nSPS) is 10.5. The van der Waals surface area contributed by atoms with Crippen LogP contribution in [0, 0.1) is 11.3 Å². The first kappa shape index (κ1) is 18.1. The van der Waals surface area contributed by atoms with Gasteiger partial charge in [-0.15, -0.1) is 5.10 Å². The van der Waals surface area contributed by atoms with E-state index in [1.54, 1.807) is 13.1 Å². The summed E-state index contributed by atoms with van der Waals surface area (Å²) in [6.45, 7) is 3.69. The van der Waals surface area contributed by atoms with Gasteiger partial charge in [-0.1, -0.05) is 37.0 Å². The monoisotopic (exact) mass is 367 g/mol. The van der Waals surface area contributed by atoms with Crippen molar-refractivity contribution < 1.29 is 9.47 Å². The molecule has 126 valence electrons. The molecule has 0 aliphatic rings. The number of ether oxygens (including phenoxy) is 2. The second kappa shape index (κ2) is 7.56. The van der Waals surface area contributed by atoms with Gasteiger partial charge < -0.3 is 9.47 Å². The summed E-state index contributed by atoms with van der Waals surface area (Å²) < 4.78 is 12.0. The quantitative estimate of drug-likeness (QED) is 0.800. The predicted octanol–water partition coefficient (Wildman–Crippen LogP) is 3.91. The Labute approximate surface area is 149 Å². The molecule has 8 heteroatoms. The van der Waals surface area contributed by atoms with E-state index in [-0.39, 0.29) is 39.8 Å². The highest BCUT2D eigenvalue weighted by Gasteiger charge is 2.15. The van der Waals surface area contributed by atoms with Gasteiger partial charge in [0, 0.05) is 30.8 Å². The molecule has 1 aromatic carbocycles. The zero-order valence-electron chi connectivity index (χ0n) is 13.3. The predicted molar refractivity (Wildman–Crippen MR) is 91.2 cm³/mol. The topological polar surface area (TPSA) is 77.1 Å². The highest BCUT2D eigenvalue weighted by Crippen LogP contribution is 2.39. The van der Waals surface area contributed by atoms with E-state index in [0.717, 1.165) is 0 Å². The van der Waals surface area contributed by atoms with Gasteiger partial charge in [0.2, 0.25) is 5.88 Å². The molecule has 0 unspecified atom stereocenters. The fourth-order valence-corrected chi connectivity index (χ4v) is 2.55. The third-order valence-corrected chi connectivity index (χ3v) is 3.73. The van der Waals surface area contributed by atoms with Crippen LogP contribution in [0.2, 0.25) is 10.0 Å². The molecule has 6 nitrogen and oxygen atoms in total. The molecule has 0 saturated carbocycles. The Morgan fingerprint density at radius 1 is 1.29 bits per heavy atom. The molecule has 0 atom stereocenters. The Bertz CT molecular complexity index is 834. The van der Waals surface area contributed by atoms with Crippen molar-refractivity contribution in [2.75, 3.05) is 6.61 Å². The number of halogens is 2. The fraction of sp³-hybridized carbons (Fsp3) is 0.312. The van der Waals surface area contributed by atoms with E-state index in [0.29, 0.717) is 11.3 Å². The van der Waals surface area contributed by atoms with Crippen LogP contribution in [0.3, 0.4) is 0 Å². The summed E-state index contributed by atoms with van der Waals surface area (Å²) in [5.41, 5.74) is 0.388. The lowest BCUT2D eigenvalue weighted by Gasteiger charge is -2.13. The van der Waals surface area contributed by atoms with Crippen molar-refractivity contribution in [2.45, 2.75) is 19.8 Å². The van der Waals surface area contributed by atoms with Crippen molar-refractivity contribution >= 4 is 23.2 Å². The van der Waals surface area contributed by atoms with Crippen LogP contribution in [-0.2, 0) is 7.05 Å². The SMILES string of the molecule is CC(C)c1cc(Oc2c(Cl)cc(OCC#N)cc2Cl)nn(C)c1=O. The van der Waals surface area contributed by atoms with Crippen LogP contribution in [0.1, 0.15) is 25.3 Å². The summed E-state index contributed by atoms with van der Waals surface area (Å²) in [6, 6.07) is 6.41. The Hall–Kier alpha value is -2.23. The fourth-order valence-electron chi connectivity index (χ4n) is 2.00. The minimum atomic E-state index is -0.185. The minimum absolute atomic E-state index is 0.0155. The molecule has 1 heterocycles. The van der Waals surface area contributed by atoms with Gasteiger partial charge in [-0.25, -0.2) is 4.68 Å². The molecule has 1 aromatic heterocycles. The van der Waals surface area contributed by atoms with E-state index in [1.165, 1.54) is 16.8 Å².